The van der Waals surface area contributed by atoms with Crippen molar-refractivity contribution in [2.24, 2.45) is 0 Å². The molecule has 46 nitrogen and oxygen atoms in total. The van der Waals surface area contributed by atoms with E-state index in [9.17, 15) is 67.1 Å². The number of aromatic carboxylic acids is 2. The van der Waals surface area contributed by atoms with Crippen LogP contribution in [0.1, 0.15) is 136 Å². The molecule has 0 spiro atoms. The Kier molecular flexibility index (Phi) is 55.4. The number of carboxylic acid groups (broad SMARTS) is 2. The number of esters is 6. The first kappa shape index (κ1) is 121. The van der Waals surface area contributed by atoms with Crippen LogP contribution in [-0.2, 0) is 61.5 Å². The van der Waals surface area contributed by atoms with Crippen molar-refractivity contribution < 1.29 is 160 Å². The number of ether oxygens (including phenoxy) is 8. The Hall–Kier alpha value is -14.5. The molecule has 0 aliphatic rings. The van der Waals surface area contributed by atoms with Crippen LogP contribution in [0.15, 0.2) is 190 Å². The molecule has 13 heterocycles. The van der Waals surface area contributed by atoms with Crippen molar-refractivity contribution in [2.75, 3.05) is 128 Å². The number of nitrogen functional groups attached to an aromatic ring is 3. The van der Waals surface area contributed by atoms with Crippen molar-refractivity contribution in [3.8, 4) is 0 Å². The van der Waals surface area contributed by atoms with Crippen LogP contribution in [0.25, 0.3) is 28.2 Å². The quantitative estimate of drug-likeness (QED) is 0.00949. The van der Waals surface area contributed by atoms with Crippen LogP contribution in [0, 0.1) is 0 Å². The van der Waals surface area contributed by atoms with E-state index >= 15 is 0 Å². The number of carbonyl (C=O) groups is 14. The normalized spacial score (nSPS) is 9.70. The number of carbonyl (C=O) groups excluding carboxylic acids is 12. The van der Waals surface area contributed by atoms with Crippen LogP contribution >= 0.6 is 37.3 Å². The van der Waals surface area contributed by atoms with Crippen LogP contribution in [-0.4, -0.2) is 301 Å². The summed E-state index contributed by atoms with van der Waals surface area (Å²) in [6.45, 7) is 5.32. The average Bonchev–Trinajstić information content (AvgIpc) is 1.66. The van der Waals surface area contributed by atoms with Gasteiger partial charge in [-0.2, -0.15) is 0 Å². The zero-order valence-electron chi connectivity index (χ0n) is 74.7. The molecule has 3 amide bonds. The molecule has 13 rings (SSSR count). The third kappa shape index (κ3) is 38.3. The van der Waals surface area contributed by atoms with E-state index in [2.05, 4.69) is 106 Å². The molecule has 13 aromatic rings. The number of alkyl halides is 1. The summed E-state index contributed by atoms with van der Waals surface area (Å²) in [7, 11) is 25.1. The van der Waals surface area contributed by atoms with Gasteiger partial charge in [0.1, 0.15) is 62.8 Å². The summed E-state index contributed by atoms with van der Waals surface area (Å²) in [5.41, 5.74) is 21.6. The minimum Gasteiger partial charge on any atom is -0.870 e. The molecular weight excluding hydrogens is 1910 g/mol. The van der Waals surface area contributed by atoms with Crippen LogP contribution in [0.3, 0.4) is 0 Å². The monoisotopic (exact) mass is 2010 g/mol. The second kappa shape index (κ2) is 62.0. The molecule has 0 unspecified atom stereocenters. The van der Waals surface area contributed by atoms with Crippen LogP contribution in [0.4, 0.5) is 17.5 Å². The van der Waals surface area contributed by atoms with Crippen molar-refractivity contribution >= 4 is 175 Å². The molecule has 0 atom stereocenters. The summed E-state index contributed by atoms with van der Waals surface area (Å²) in [5.74, 6) is -7.68. The Balaban J connectivity index is 0.00000150. The number of methoxy groups -OCH3 is 6. The zero-order chi connectivity index (χ0) is 99.2. The van der Waals surface area contributed by atoms with Crippen molar-refractivity contribution in [1.29, 1.82) is 0 Å². The summed E-state index contributed by atoms with van der Waals surface area (Å²) in [4.78, 5) is 194. The Morgan fingerprint density at radius 1 is 0.385 bits per heavy atom. The molecule has 10 N–H and O–H groups in total. The van der Waals surface area contributed by atoms with Gasteiger partial charge < -0.3 is 99.4 Å². The number of aromatic nitrogens is 13. The molecule has 135 heavy (non-hydrogen) atoms. The topological polar surface area (TPSA) is 634 Å². The number of fused-ring (bicyclic) bond motifs is 5. The molecule has 0 saturated carbocycles. The van der Waals surface area contributed by atoms with Gasteiger partial charge in [0, 0.05) is 158 Å². The number of nitrogens with zero attached hydrogens (tertiary/aromatic N) is 16. The minimum absolute atomic E-state index is 0. The maximum atomic E-state index is 12.0. The Labute approximate surface area is 812 Å². The van der Waals surface area contributed by atoms with Crippen molar-refractivity contribution in [2.45, 2.75) is 27.6 Å². The molecule has 51 heteroatoms. The number of nitrogens with two attached hydrogens (primary N) is 3. The largest absolute Gasteiger partial charge is 1.00 e. The second-order valence-electron chi connectivity index (χ2n) is 25.3. The SMILES string of the molecule is C.CCOC(CBr)OCC.CN(C)C(=O)C(=O)c1cnc2ccc(C(=O)O)cn12.CO.COC(=O)c1ccc(N)nc1.COC(=O)c1ccc(N)nc1.COC(=O)c1ccc2ncc(C(=O)C(=O)N(C)C)n2c1.COC(=O)c1ccc2ncc(C(=O)C(=O)N(C)C)n2c1.COC(=O)c1ccc2nccn2c1.COC(=O)c1ccc2nccn2c1.Nc1ccc(C(=O)O)cn1.O=S(Cl)Cl.[Na+].[OH-]. The fourth-order valence-corrected chi connectivity index (χ4v) is 10.0. The third-order valence-electron chi connectivity index (χ3n) is 16.0. The molecule has 0 aliphatic heterocycles. The second-order valence-corrected chi connectivity index (χ2v) is 28.5. The molecule has 0 aliphatic carbocycles. The number of carboxylic acids is 2. The van der Waals surface area contributed by atoms with Gasteiger partial charge in [-0.15, -0.1) is 0 Å². The summed E-state index contributed by atoms with van der Waals surface area (Å²) < 4.78 is 54.4. The number of Topliss-reactive ketones (excluding diaryl/α,β-unsaturated/α-hetero) is 3. The number of hydrogen-bond acceptors (Lipinski definition) is 36. The van der Waals surface area contributed by atoms with Gasteiger partial charge in [0.2, 0.25) is 9.23 Å². The number of pyridine rings is 8. The molecule has 0 radical (unpaired) electrons. The summed E-state index contributed by atoms with van der Waals surface area (Å²) >= 11 is 3.27. The number of rotatable bonds is 19. The fraction of sp³-hybridized carbons (Fsp3) is 0.238. The maximum Gasteiger partial charge on any atom is 1.00 e. The first-order valence-electron chi connectivity index (χ1n) is 37.3. The van der Waals surface area contributed by atoms with Crippen LogP contribution in [0.5, 0.6) is 0 Å². The summed E-state index contributed by atoms with van der Waals surface area (Å²) in [5, 5.41) is 25.1. The van der Waals surface area contributed by atoms with E-state index in [0.717, 1.165) is 28.6 Å². The van der Waals surface area contributed by atoms with Crippen LogP contribution < -0.4 is 46.8 Å². The molecule has 0 saturated heterocycles. The predicted molar refractivity (Wildman–Crippen MR) is 490 cm³/mol. The van der Waals surface area contributed by atoms with Crippen molar-refractivity contribution in [3.63, 3.8) is 0 Å². The van der Waals surface area contributed by atoms with E-state index < -0.39 is 80.1 Å². The van der Waals surface area contributed by atoms with Crippen molar-refractivity contribution in [3.05, 3.63) is 252 Å². The maximum absolute atomic E-state index is 12.0. The Morgan fingerprint density at radius 3 is 0.859 bits per heavy atom. The Bertz CT molecular complexity index is 5870. The van der Waals surface area contributed by atoms with Gasteiger partial charge >= 0.3 is 77.3 Å². The smallest absolute Gasteiger partial charge is 0.870 e. The average molecular weight is 2010 g/mol. The first-order valence-corrected chi connectivity index (χ1v) is 41.3. The number of aliphatic hydroxyl groups excluding tert-OH is 1. The van der Waals surface area contributed by atoms with Gasteiger partial charge in [0.05, 0.1) is 111 Å². The van der Waals surface area contributed by atoms with Gasteiger partial charge in [-0.25, -0.2) is 82.4 Å². The first-order chi connectivity index (χ1) is 62.7. The Morgan fingerprint density at radius 2 is 0.622 bits per heavy atom. The number of halogens is 3. The van der Waals surface area contributed by atoms with E-state index in [1.807, 2.05) is 13.8 Å². The van der Waals surface area contributed by atoms with E-state index in [1.165, 1.54) is 200 Å². The van der Waals surface area contributed by atoms with E-state index in [4.69, 9.17) is 46.2 Å². The summed E-state index contributed by atoms with van der Waals surface area (Å²) in [6.07, 6.45) is 22.2. The number of anilines is 3. The molecule has 718 valence electrons. The number of hydrogen-bond donors (Lipinski definition) is 6. The third-order valence-corrected chi connectivity index (χ3v) is 16.5. The number of likely N-dealkylation sites (N-methyl/N-ethyl adjacent to an activating group) is 3. The molecular formula is C84H97BrCl2N19NaO27S. The standard InChI is InChI=1S/2C13H13N3O4.C12H11N3O4.2C9H8N2O2.2C7H8N2O2.C6H13BrO2.C6H6N2O2.CH4O.CH4.Cl2OS.Na.H2O/c2*1-15(2)12(18)11(17)9-6-14-10-5-4-8(7-16(9)10)13(19)20-3;1-14(2)11(17)10(16)8-5-13-9-4-3-7(12(18)19)6-15(8)9;2*1-13-9(12)7-2-3-8-10-4-5-11(8)6-7;2*1-11-7(10)5-2-3-6(8)9-4-5;1-3-8-6(5-7)9-4-2;7-5-2-1-4(3-8-5)6(9)10;1-2;;1-4(2)3;;/h2*4-7H,1-3H3;3-6H,1-2H3,(H,18,19);2*2-6H,1H3;2*2-4H,1H3,(H2,8,9);6H,3-5H2,1-2H3;1-3H,(H2,7,8)(H,9,10);2H,1H3;1H4;;;1H2/q;;;;;;;;;;;;+1;/p-1. The van der Waals surface area contributed by atoms with E-state index in [1.54, 1.807) is 107 Å². The van der Waals surface area contributed by atoms with Gasteiger partial charge in [0.15, 0.2) is 6.29 Å². The number of ketones is 3. The van der Waals surface area contributed by atoms with Gasteiger partial charge in [-0.05, 0) is 111 Å². The van der Waals surface area contributed by atoms with E-state index in [0.29, 0.717) is 69.9 Å². The molecule has 13 aromatic heterocycles. The summed E-state index contributed by atoms with van der Waals surface area (Å²) in [6, 6.07) is 25.1. The van der Waals surface area contributed by atoms with E-state index in [-0.39, 0.29) is 100 Å². The fourth-order valence-electron chi connectivity index (χ4n) is 9.63. The van der Waals surface area contributed by atoms with Gasteiger partial charge in [-0.1, -0.05) is 23.4 Å². The minimum atomic E-state index is -1.67. The number of amides is 3. The zero-order valence-corrected chi connectivity index (χ0v) is 80.6. The molecule has 0 aromatic carbocycles. The molecule has 0 bridgehead atoms. The number of imidazole rings is 5. The number of aliphatic hydroxyl groups is 1. The predicted octanol–water partition coefficient (Wildman–Crippen LogP) is 4.49. The van der Waals surface area contributed by atoms with Crippen molar-refractivity contribution in [1.82, 2.24) is 76.6 Å². The van der Waals surface area contributed by atoms with Gasteiger partial charge in [0.25, 0.3) is 35.1 Å². The van der Waals surface area contributed by atoms with Gasteiger partial charge in [-0.3, -0.25) is 42.0 Å². The van der Waals surface area contributed by atoms with Crippen LogP contribution in [0.2, 0.25) is 0 Å². The molecule has 0 fully saturated rings.